The first kappa shape index (κ1) is 11.7. The molecular formula is C12H18N2O. The number of para-hydroxylation sites is 1. The standard InChI is InChI=1S/C12H18N2O/c1-10(2)13-9-8-12(15)14-11-6-4-3-5-7-11/h3-7,10,13H,8-9H2,1-2H3,(H,14,15). The highest BCUT2D eigenvalue weighted by Crippen LogP contribution is 2.04. The molecule has 0 atom stereocenters. The van der Waals surface area contributed by atoms with Gasteiger partial charge in [0.05, 0.1) is 0 Å². The lowest BCUT2D eigenvalue weighted by Crippen LogP contribution is -2.27. The van der Waals surface area contributed by atoms with Gasteiger partial charge in [-0.05, 0) is 12.1 Å². The number of hydrogen-bond acceptors (Lipinski definition) is 2. The number of rotatable bonds is 5. The zero-order valence-corrected chi connectivity index (χ0v) is 9.29. The van der Waals surface area contributed by atoms with Crippen LogP contribution >= 0.6 is 0 Å². The summed E-state index contributed by atoms with van der Waals surface area (Å²) >= 11 is 0. The number of amides is 1. The van der Waals surface area contributed by atoms with Gasteiger partial charge in [-0.15, -0.1) is 0 Å². The summed E-state index contributed by atoms with van der Waals surface area (Å²) in [4.78, 5) is 11.4. The highest BCUT2D eigenvalue weighted by atomic mass is 16.1. The molecular weight excluding hydrogens is 188 g/mol. The number of carbonyl (C=O) groups excluding carboxylic acids is 1. The van der Waals surface area contributed by atoms with Crippen molar-refractivity contribution < 1.29 is 4.79 Å². The monoisotopic (exact) mass is 206 g/mol. The molecule has 0 spiro atoms. The lowest BCUT2D eigenvalue weighted by molar-refractivity contribution is -0.116. The van der Waals surface area contributed by atoms with E-state index in [0.717, 1.165) is 12.2 Å². The number of benzene rings is 1. The van der Waals surface area contributed by atoms with Crippen molar-refractivity contribution in [2.45, 2.75) is 26.3 Å². The summed E-state index contributed by atoms with van der Waals surface area (Å²) in [6.45, 7) is 4.85. The van der Waals surface area contributed by atoms with E-state index in [1.807, 2.05) is 30.3 Å². The van der Waals surface area contributed by atoms with E-state index in [1.54, 1.807) is 0 Å². The molecule has 0 bridgehead atoms. The molecule has 15 heavy (non-hydrogen) atoms. The molecule has 1 aromatic carbocycles. The van der Waals surface area contributed by atoms with Gasteiger partial charge in [0.15, 0.2) is 0 Å². The van der Waals surface area contributed by atoms with Crippen LogP contribution in [0.15, 0.2) is 30.3 Å². The first-order valence-electron chi connectivity index (χ1n) is 5.27. The van der Waals surface area contributed by atoms with Gasteiger partial charge in [0.1, 0.15) is 0 Å². The van der Waals surface area contributed by atoms with Crippen LogP contribution < -0.4 is 10.6 Å². The summed E-state index contributed by atoms with van der Waals surface area (Å²) in [5.74, 6) is 0.0503. The molecule has 3 nitrogen and oxygen atoms in total. The SMILES string of the molecule is CC(C)NCCC(=O)Nc1ccccc1. The molecule has 0 aliphatic heterocycles. The molecule has 3 heteroatoms. The number of hydrogen-bond donors (Lipinski definition) is 2. The molecule has 1 amide bonds. The van der Waals surface area contributed by atoms with E-state index in [1.165, 1.54) is 0 Å². The third-order valence-electron chi connectivity index (χ3n) is 1.96. The smallest absolute Gasteiger partial charge is 0.225 e. The minimum Gasteiger partial charge on any atom is -0.326 e. The van der Waals surface area contributed by atoms with Gasteiger partial charge in [-0.25, -0.2) is 0 Å². The van der Waals surface area contributed by atoms with Gasteiger partial charge in [0, 0.05) is 24.7 Å². The van der Waals surface area contributed by atoms with Crippen molar-refractivity contribution in [3.05, 3.63) is 30.3 Å². The normalized spacial score (nSPS) is 10.3. The van der Waals surface area contributed by atoms with E-state index < -0.39 is 0 Å². The van der Waals surface area contributed by atoms with E-state index in [4.69, 9.17) is 0 Å². The maximum absolute atomic E-state index is 11.4. The summed E-state index contributed by atoms with van der Waals surface area (Å²) in [5, 5.41) is 6.04. The third-order valence-corrected chi connectivity index (χ3v) is 1.96. The Morgan fingerprint density at radius 2 is 1.93 bits per heavy atom. The van der Waals surface area contributed by atoms with E-state index in [0.29, 0.717) is 12.5 Å². The molecule has 0 saturated carbocycles. The van der Waals surface area contributed by atoms with Crippen molar-refractivity contribution in [2.75, 3.05) is 11.9 Å². The van der Waals surface area contributed by atoms with Crippen LogP contribution in [0.2, 0.25) is 0 Å². The van der Waals surface area contributed by atoms with E-state index in [-0.39, 0.29) is 5.91 Å². The fourth-order valence-corrected chi connectivity index (χ4v) is 1.22. The molecule has 1 aromatic rings. The Morgan fingerprint density at radius 3 is 2.53 bits per heavy atom. The largest absolute Gasteiger partial charge is 0.326 e. The van der Waals surface area contributed by atoms with Crippen LogP contribution in [-0.2, 0) is 4.79 Å². The highest BCUT2D eigenvalue weighted by Gasteiger charge is 2.01. The third kappa shape index (κ3) is 5.18. The van der Waals surface area contributed by atoms with Gasteiger partial charge in [-0.2, -0.15) is 0 Å². The van der Waals surface area contributed by atoms with Crippen LogP contribution in [0.3, 0.4) is 0 Å². The van der Waals surface area contributed by atoms with Crippen molar-refractivity contribution in [1.29, 1.82) is 0 Å². The fourth-order valence-electron chi connectivity index (χ4n) is 1.22. The summed E-state index contributed by atoms with van der Waals surface area (Å²) in [6, 6.07) is 9.93. The molecule has 0 aromatic heterocycles. The quantitative estimate of drug-likeness (QED) is 0.773. The molecule has 0 radical (unpaired) electrons. The van der Waals surface area contributed by atoms with E-state index >= 15 is 0 Å². The van der Waals surface area contributed by atoms with Crippen LogP contribution in [0.1, 0.15) is 20.3 Å². The van der Waals surface area contributed by atoms with Gasteiger partial charge < -0.3 is 10.6 Å². The molecule has 0 saturated heterocycles. The predicted octanol–water partition coefficient (Wildman–Crippen LogP) is 2.01. The summed E-state index contributed by atoms with van der Waals surface area (Å²) in [7, 11) is 0. The maximum Gasteiger partial charge on any atom is 0.225 e. The fraction of sp³-hybridized carbons (Fsp3) is 0.417. The maximum atomic E-state index is 11.4. The molecule has 0 heterocycles. The second-order valence-corrected chi connectivity index (χ2v) is 3.77. The highest BCUT2D eigenvalue weighted by molar-refractivity contribution is 5.90. The van der Waals surface area contributed by atoms with Crippen LogP contribution in [0.5, 0.6) is 0 Å². The van der Waals surface area contributed by atoms with Crippen molar-refractivity contribution in [2.24, 2.45) is 0 Å². The van der Waals surface area contributed by atoms with Gasteiger partial charge in [-0.3, -0.25) is 4.79 Å². The Morgan fingerprint density at radius 1 is 1.27 bits per heavy atom. The Hall–Kier alpha value is -1.35. The molecule has 0 aliphatic rings. The average Bonchev–Trinajstić information content (AvgIpc) is 2.18. The molecule has 2 N–H and O–H groups in total. The Labute approximate surface area is 90.9 Å². The number of carbonyl (C=O) groups is 1. The number of nitrogens with one attached hydrogen (secondary N) is 2. The first-order chi connectivity index (χ1) is 7.18. The number of anilines is 1. The summed E-state index contributed by atoms with van der Waals surface area (Å²) in [5.41, 5.74) is 0.854. The van der Waals surface area contributed by atoms with Crippen LogP contribution in [0.25, 0.3) is 0 Å². The minimum atomic E-state index is 0.0503. The Kier molecular flexibility index (Phi) is 4.84. The zero-order chi connectivity index (χ0) is 11.1. The van der Waals surface area contributed by atoms with E-state index in [9.17, 15) is 4.79 Å². The van der Waals surface area contributed by atoms with Crippen LogP contribution in [0, 0.1) is 0 Å². The van der Waals surface area contributed by atoms with Gasteiger partial charge in [0.25, 0.3) is 0 Å². The summed E-state index contributed by atoms with van der Waals surface area (Å²) < 4.78 is 0. The molecule has 0 unspecified atom stereocenters. The predicted molar refractivity (Wildman–Crippen MR) is 62.8 cm³/mol. The molecule has 0 fully saturated rings. The van der Waals surface area contributed by atoms with Crippen LogP contribution in [-0.4, -0.2) is 18.5 Å². The van der Waals surface area contributed by atoms with Gasteiger partial charge in [-0.1, -0.05) is 32.0 Å². The molecule has 0 aliphatic carbocycles. The molecule has 1 rings (SSSR count). The summed E-state index contributed by atoms with van der Waals surface area (Å²) in [6.07, 6.45) is 0.507. The van der Waals surface area contributed by atoms with Crippen molar-refractivity contribution in [3.8, 4) is 0 Å². The second kappa shape index (κ2) is 6.19. The topological polar surface area (TPSA) is 41.1 Å². The zero-order valence-electron chi connectivity index (χ0n) is 9.29. The first-order valence-corrected chi connectivity index (χ1v) is 5.27. The lowest BCUT2D eigenvalue weighted by atomic mass is 10.3. The van der Waals surface area contributed by atoms with Crippen molar-refractivity contribution in [1.82, 2.24) is 5.32 Å². The Balaban J connectivity index is 2.25. The van der Waals surface area contributed by atoms with Crippen molar-refractivity contribution >= 4 is 11.6 Å². The Bertz CT molecular complexity index is 296. The lowest BCUT2D eigenvalue weighted by Gasteiger charge is -2.08. The van der Waals surface area contributed by atoms with Gasteiger partial charge in [0.2, 0.25) is 5.91 Å². The van der Waals surface area contributed by atoms with Crippen molar-refractivity contribution in [3.63, 3.8) is 0 Å². The second-order valence-electron chi connectivity index (χ2n) is 3.77. The average molecular weight is 206 g/mol. The van der Waals surface area contributed by atoms with E-state index in [2.05, 4.69) is 24.5 Å². The van der Waals surface area contributed by atoms with Gasteiger partial charge >= 0.3 is 0 Å². The molecule has 82 valence electrons. The van der Waals surface area contributed by atoms with Crippen LogP contribution in [0.4, 0.5) is 5.69 Å². The minimum absolute atomic E-state index is 0.0503.